The van der Waals surface area contributed by atoms with Crippen molar-refractivity contribution in [3.63, 3.8) is 0 Å². The molecule has 0 aliphatic rings. The highest BCUT2D eigenvalue weighted by molar-refractivity contribution is 8.08. The maximum absolute atomic E-state index is 12.3. The molecule has 7 heteroatoms. The third-order valence-electron chi connectivity index (χ3n) is 2.97. The molecule has 0 heterocycles. The van der Waals surface area contributed by atoms with Gasteiger partial charge in [0.15, 0.2) is 0 Å². The van der Waals surface area contributed by atoms with E-state index in [-0.39, 0.29) is 10.3 Å². The van der Waals surface area contributed by atoms with Gasteiger partial charge in [0.05, 0.1) is 4.90 Å². The Balaban J connectivity index is 3.29. The van der Waals surface area contributed by atoms with Crippen LogP contribution >= 0.6 is 0 Å². The summed E-state index contributed by atoms with van der Waals surface area (Å²) in [5.74, 6) is -0.877. The van der Waals surface area contributed by atoms with E-state index in [1.807, 2.05) is 20.8 Å². The second kappa shape index (κ2) is 5.85. The average Bonchev–Trinajstić information content (AvgIpc) is 2.38. The van der Waals surface area contributed by atoms with Crippen LogP contribution in [0.15, 0.2) is 34.3 Å². The molecule has 0 unspecified atom stereocenters. The molecular formula is C14H20N2O4S. The summed E-state index contributed by atoms with van der Waals surface area (Å²) < 4.78 is 24.7. The Hall–Kier alpha value is -1.89. The second-order valence-electron chi connectivity index (χ2n) is 5.88. The molecule has 6 nitrogen and oxygen atoms in total. The number of rotatable bonds is 1. The Morgan fingerprint density at radius 1 is 1.14 bits per heavy atom. The van der Waals surface area contributed by atoms with Crippen LogP contribution in [-0.2, 0) is 20.0 Å². The maximum Gasteiger partial charge on any atom is 0.287 e. The van der Waals surface area contributed by atoms with Crippen LogP contribution in [0, 0.1) is 0 Å². The summed E-state index contributed by atoms with van der Waals surface area (Å²) >= 11 is 0. The monoisotopic (exact) mass is 312 g/mol. The zero-order valence-corrected chi connectivity index (χ0v) is 13.6. The Morgan fingerprint density at radius 3 is 1.95 bits per heavy atom. The molecule has 0 bridgehead atoms. The zero-order chi connectivity index (χ0) is 16.4. The summed E-state index contributed by atoms with van der Waals surface area (Å²) in [4.78, 5) is 12.7. The molecule has 1 aromatic rings. The van der Waals surface area contributed by atoms with E-state index in [0.717, 1.165) is 10.5 Å². The van der Waals surface area contributed by atoms with E-state index in [4.69, 9.17) is 5.21 Å². The summed E-state index contributed by atoms with van der Waals surface area (Å²) in [6.07, 6.45) is 0. The number of sulfone groups is 1. The molecule has 0 saturated carbocycles. The van der Waals surface area contributed by atoms with Gasteiger partial charge in [0, 0.05) is 14.1 Å². The van der Waals surface area contributed by atoms with E-state index < -0.39 is 20.8 Å². The van der Waals surface area contributed by atoms with Crippen molar-refractivity contribution >= 4 is 20.8 Å². The lowest BCUT2D eigenvalue weighted by atomic mass is 9.87. The van der Waals surface area contributed by atoms with Gasteiger partial charge in [-0.25, -0.2) is 8.42 Å². The van der Waals surface area contributed by atoms with Gasteiger partial charge in [0.1, 0.15) is 0 Å². The first-order chi connectivity index (χ1) is 9.51. The van der Waals surface area contributed by atoms with Gasteiger partial charge in [-0.05, 0) is 23.1 Å². The molecular weight excluding hydrogens is 292 g/mol. The van der Waals surface area contributed by atoms with E-state index in [9.17, 15) is 13.2 Å². The van der Waals surface area contributed by atoms with Gasteiger partial charge in [-0.1, -0.05) is 38.1 Å². The third-order valence-corrected chi connectivity index (χ3v) is 4.62. The summed E-state index contributed by atoms with van der Waals surface area (Å²) in [5, 5.41) is 10.7. The standard InChI is InChI=1S/C14H20N2O4S/c1-14(2,3)10-6-8-11(9-7-10)21(19,20)12(15-18)13(17)16(4)5/h6-9,18H,1-5H3. The fourth-order valence-corrected chi connectivity index (χ4v) is 2.89. The van der Waals surface area contributed by atoms with Crippen molar-refractivity contribution in [1.82, 2.24) is 4.90 Å². The fraction of sp³-hybridized carbons (Fsp3) is 0.429. The number of benzene rings is 1. The highest BCUT2D eigenvalue weighted by atomic mass is 32.2. The minimum absolute atomic E-state index is 0.0847. The predicted molar refractivity (Wildman–Crippen MR) is 80.2 cm³/mol. The van der Waals surface area contributed by atoms with Crippen LogP contribution in [0.3, 0.4) is 0 Å². The normalized spacial score (nSPS) is 13.1. The Bertz CT molecular complexity index is 653. The van der Waals surface area contributed by atoms with Crippen LogP contribution in [0.4, 0.5) is 0 Å². The number of carbonyl (C=O) groups is 1. The van der Waals surface area contributed by atoms with Crippen LogP contribution in [0.25, 0.3) is 0 Å². The van der Waals surface area contributed by atoms with E-state index in [1.165, 1.54) is 26.2 Å². The Labute approximate surface area is 125 Å². The summed E-state index contributed by atoms with van der Waals surface area (Å²) in [7, 11) is -1.39. The van der Waals surface area contributed by atoms with Crippen LogP contribution in [0.5, 0.6) is 0 Å². The van der Waals surface area contributed by atoms with Gasteiger partial charge in [0.2, 0.25) is 9.84 Å². The van der Waals surface area contributed by atoms with Gasteiger partial charge in [0.25, 0.3) is 11.0 Å². The van der Waals surface area contributed by atoms with Crippen molar-refractivity contribution in [2.24, 2.45) is 5.16 Å². The van der Waals surface area contributed by atoms with E-state index >= 15 is 0 Å². The first-order valence-electron chi connectivity index (χ1n) is 6.31. The lowest BCUT2D eigenvalue weighted by Gasteiger charge is -2.19. The van der Waals surface area contributed by atoms with Crippen LogP contribution in [-0.4, -0.2) is 43.6 Å². The number of hydrogen-bond acceptors (Lipinski definition) is 5. The van der Waals surface area contributed by atoms with Crippen molar-refractivity contribution in [1.29, 1.82) is 0 Å². The summed E-state index contributed by atoms with van der Waals surface area (Å²) in [6, 6.07) is 6.18. The van der Waals surface area contributed by atoms with E-state index in [2.05, 4.69) is 5.16 Å². The minimum Gasteiger partial charge on any atom is -0.410 e. The molecule has 0 radical (unpaired) electrons. The molecule has 21 heavy (non-hydrogen) atoms. The lowest BCUT2D eigenvalue weighted by molar-refractivity contribution is -0.121. The highest BCUT2D eigenvalue weighted by Gasteiger charge is 2.31. The highest BCUT2D eigenvalue weighted by Crippen LogP contribution is 2.24. The summed E-state index contributed by atoms with van der Waals surface area (Å²) in [5.41, 5.74) is 0.846. The number of nitrogens with zero attached hydrogens (tertiary/aromatic N) is 2. The van der Waals surface area contributed by atoms with Crippen molar-refractivity contribution in [2.45, 2.75) is 31.1 Å². The molecule has 0 fully saturated rings. The van der Waals surface area contributed by atoms with Crippen molar-refractivity contribution < 1.29 is 18.4 Å². The van der Waals surface area contributed by atoms with Gasteiger partial charge in [-0.2, -0.15) is 0 Å². The Kier molecular flexibility index (Phi) is 4.78. The summed E-state index contributed by atoms with van der Waals surface area (Å²) in [6.45, 7) is 6.02. The topological polar surface area (TPSA) is 87.0 Å². The first kappa shape index (κ1) is 17.2. The maximum atomic E-state index is 12.3. The SMILES string of the molecule is CN(C)C(=O)C(=NO)S(=O)(=O)c1ccc(C(C)(C)C)cc1. The molecule has 116 valence electrons. The second-order valence-corrected chi connectivity index (χ2v) is 7.75. The van der Waals surface area contributed by atoms with Gasteiger partial charge >= 0.3 is 0 Å². The van der Waals surface area contributed by atoms with Gasteiger partial charge < -0.3 is 10.1 Å². The molecule has 0 aliphatic carbocycles. The van der Waals surface area contributed by atoms with Gasteiger partial charge in [-0.3, -0.25) is 4.79 Å². The molecule has 0 aromatic heterocycles. The van der Waals surface area contributed by atoms with Crippen LogP contribution < -0.4 is 0 Å². The molecule has 1 aromatic carbocycles. The van der Waals surface area contributed by atoms with Gasteiger partial charge in [-0.15, -0.1) is 0 Å². The van der Waals surface area contributed by atoms with Crippen molar-refractivity contribution in [3.05, 3.63) is 29.8 Å². The minimum atomic E-state index is -4.15. The molecule has 0 atom stereocenters. The largest absolute Gasteiger partial charge is 0.410 e. The first-order valence-corrected chi connectivity index (χ1v) is 7.79. The number of amides is 1. The third kappa shape index (κ3) is 3.60. The van der Waals surface area contributed by atoms with E-state index in [0.29, 0.717) is 0 Å². The fourth-order valence-electron chi connectivity index (χ4n) is 1.65. The van der Waals surface area contributed by atoms with E-state index in [1.54, 1.807) is 12.1 Å². The molecule has 0 aliphatic heterocycles. The molecule has 1 N–H and O–H groups in total. The molecule has 0 saturated heterocycles. The average molecular weight is 312 g/mol. The quantitative estimate of drug-likeness (QED) is 0.369. The molecule has 1 amide bonds. The molecule has 0 spiro atoms. The van der Waals surface area contributed by atoms with Crippen molar-refractivity contribution in [2.75, 3.05) is 14.1 Å². The number of hydrogen-bond donors (Lipinski definition) is 1. The zero-order valence-electron chi connectivity index (χ0n) is 12.8. The predicted octanol–water partition coefficient (Wildman–Crippen LogP) is 1.63. The number of carbonyl (C=O) groups excluding carboxylic acids is 1. The van der Waals surface area contributed by atoms with Crippen LogP contribution in [0.1, 0.15) is 26.3 Å². The molecule has 1 rings (SSSR count). The Morgan fingerprint density at radius 2 is 1.62 bits per heavy atom. The smallest absolute Gasteiger partial charge is 0.287 e. The van der Waals surface area contributed by atoms with Crippen LogP contribution in [0.2, 0.25) is 0 Å². The van der Waals surface area contributed by atoms with Crippen molar-refractivity contribution in [3.8, 4) is 0 Å². The lowest BCUT2D eigenvalue weighted by Crippen LogP contribution is -2.35. The number of oxime groups is 1.